The molecule has 0 fully saturated rings. The lowest BCUT2D eigenvalue weighted by atomic mass is 10.1. The SMILES string of the molecule is Cc1cc(C#N)ccc1CNc1ccc(I)cc1Cl. The second kappa shape index (κ2) is 6.27. The highest BCUT2D eigenvalue weighted by atomic mass is 127. The third-order valence-electron chi connectivity index (χ3n) is 2.87. The van der Waals surface area contributed by atoms with Crippen LogP contribution >= 0.6 is 34.2 Å². The predicted molar refractivity (Wildman–Crippen MR) is 87.4 cm³/mol. The first kappa shape index (κ1) is 14.2. The minimum Gasteiger partial charge on any atom is -0.380 e. The average molecular weight is 383 g/mol. The molecule has 4 heteroatoms. The molecule has 0 saturated carbocycles. The summed E-state index contributed by atoms with van der Waals surface area (Å²) in [4.78, 5) is 0. The third-order valence-corrected chi connectivity index (χ3v) is 3.86. The van der Waals surface area contributed by atoms with Crippen molar-refractivity contribution in [1.82, 2.24) is 0 Å². The van der Waals surface area contributed by atoms with Gasteiger partial charge in [-0.05, 0) is 71.0 Å². The third kappa shape index (κ3) is 3.62. The van der Waals surface area contributed by atoms with Crippen LogP contribution in [0.4, 0.5) is 5.69 Å². The van der Waals surface area contributed by atoms with Crippen LogP contribution in [0.15, 0.2) is 36.4 Å². The van der Waals surface area contributed by atoms with Gasteiger partial charge < -0.3 is 5.32 Å². The minimum atomic E-state index is 0.688. The van der Waals surface area contributed by atoms with Gasteiger partial charge in [0.25, 0.3) is 0 Å². The lowest BCUT2D eigenvalue weighted by Crippen LogP contribution is -2.02. The molecule has 0 aliphatic heterocycles. The van der Waals surface area contributed by atoms with Crippen LogP contribution in [0, 0.1) is 21.8 Å². The zero-order chi connectivity index (χ0) is 13.8. The molecule has 2 aromatic carbocycles. The Morgan fingerprint density at radius 1 is 1.26 bits per heavy atom. The molecule has 1 N–H and O–H groups in total. The molecular weight excluding hydrogens is 371 g/mol. The fourth-order valence-electron chi connectivity index (χ4n) is 1.79. The molecule has 0 aliphatic rings. The monoisotopic (exact) mass is 382 g/mol. The number of halogens is 2. The summed E-state index contributed by atoms with van der Waals surface area (Å²) in [5, 5.41) is 12.9. The van der Waals surface area contributed by atoms with Crippen molar-refractivity contribution in [3.05, 3.63) is 61.7 Å². The molecule has 0 radical (unpaired) electrons. The predicted octanol–water partition coefficient (Wildman–Crippen LogP) is 4.74. The van der Waals surface area contributed by atoms with Crippen molar-refractivity contribution in [3.8, 4) is 6.07 Å². The zero-order valence-corrected chi connectivity index (χ0v) is 13.3. The molecule has 0 saturated heterocycles. The van der Waals surface area contributed by atoms with Crippen LogP contribution in [-0.4, -0.2) is 0 Å². The van der Waals surface area contributed by atoms with E-state index in [1.54, 1.807) is 0 Å². The van der Waals surface area contributed by atoms with Gasteiger partial charge in [-0.15, -0.1) is 0 Å². The van der Waals surface area contributed by atoms with E-state index in [9.17, 15) is 0 Å². The van der Waals surface area contributed by atoms with Crippen LogP contribution in [0.5, 0.6) is 0 Å². The summed E-state index contributed by atoms with van der Waals surface area (Å²) in [5.74, 6) is 0. The van der Waals surface area contributed by atoms with Crippen LogP contribution in [0.1, 0.15) is 16.7 Å². The topological polar surface area (TPSA) is 35.8 Å². The van der Waals surface area contributed by atoms with E-state index in [1.165, 1.54) is 0 Å². The van der Waals surface area contributed by atoms with Gasteiger partial charge in [-0.1, -0.05) is 17.7 Å². The highest BCUT2D eigenvalue weighted by Crippen LogP contribution is 2.24. The van der Waals surface area contributed by atoms with Gasteiger partial charge in [-0.25, -0.2) is 0 Å². The first-order valence-electron chi connectivity index (χ1n) is 5.78. The molecule has 0 spiro atoms. The van der Waals surface area contributed by atoms with Crippen molar-refractivity contribution >= 4 is 39.9 Å². The van der Waals surface area contributed by atoms with Crippen molar-refractivity contribution < 1.29 is 0 Å². The number of nitrogens with one attached hydrogen (secondary N) is 1. The quantitative estimate of drug-likeness (QED) is 0.779. The minimum absolute atomic E-state index is 0.688. The summed E-state index contributed by atoms with van der Waals surface area (Å²) >= 11 is 8.41. The average Bonchev–Trinajstić information content (AvgIpc) is 2.39. The summed E-state index contributed by atoms with van der Waals surface area (Å²) in [7, 11) is 0. The Balaban J connectivity index is 2.13. The van der Waals surface area contributed by atoms with E-state index >= 15 is 0 Å². The second-order valence-corrected chi connectivity index (χ2v) is 5.88. The second-order valence-electron chi connectivity index (χ2n) is 4.23. The molecule has 0 aliphatic carbocycles. The Morgan fingerprint density at radius 3 is 2.68 bits per heavy atom. The maximum atomic E-state index is 8.84. The van der Waals surface area contributed by atoms with E-state index in [0.29, 0.717) is 12.1 Å². The molecule has 2 rings (SSSR count). The van der Waals surface area contributed by atoms with E-state index in [1.807, 2.05) is 43.3 Å². The van der Waals surface area contributed by atoms with E-state index in [-0.39, 0.29) is 0 Å². The highest BCUT2D eigenvalue weighted by molar-refractivity contribution is 14.1. The van der Waals surface area contributed by atoms with E-state index in [4.69, 9.17) is 16.9 Å². The Kier molecular flexibility index (Phi) is 4.67. The largest absolute Gasteiger partial charge is 0.380 e. The number of rotatable bonds is 3. The van der Waals surface area contributed by atoms with E-state index in [0.717, 1.165) is 25.4 Å². The fourth-order valence-corrected chi connectivity index (χ4v) is 2.71. The van der Waals surface area contributed by atoms with Crippen LogP contribution in [0.25, 0.3) is 0 Å². The number of hydrogen-bond acceptors (Lipinski definition) is 2. The summed E-state index contributed by atoms with van der Waals surface area (Å²) in [5.41, 5.74) is 3.88. The van der Waals surface area contributed by atoms with Gasteiger partial charge in [-0.3, -0.25) is 0 Å². The zero-order valence-electron chi connectivity index (χ0n) is 10.4. The fraction of sp³-hybridized carbons (Fsp3) is 0.133. The Labute approximate surface area is 131 Å². The Hall–Kier alpha value is -1.25. The Morgan fingerprint density at radius 2 is 2.05 bits per heavy atom. The molecule has 0 atom stereocenters. The number of aryl methyl sites for hydroxylation is 1. The summed E-state index contributed by atoms with van der Waals surface area (Å²) in [6, 6.07) is 13.8. The van der Waals surface area contributed by atoms with E-state index < -0.39 is 0 Å². The number of hydrogen-bond donors (Lipinski definition) is 1. The summed E-state index contributed by atoms with van der Waals surface area (Å²) in [6.45, 7) is 2.70. The van der Waals surface area contributed by atoms with Crippen molar-refractivity contribution in [3.63, 3.8) is 0 Å². The van der Waals surface area contributed by atoms with E-state index in [2.05, 4.69) is 34.0 Å². The molecule has 0 unspecified atom stereocenters. The lowest BCUT2D eigenvalue weighted by Gasteiger charge is -2.11. The number of anilines is 1. The smallest absolute Gasteiger partial charge is 0.0991 e. The lowest BCUT2D eigenvalue weighted by molar-refractivity contribution is 1.12. The van der Waals surface area contributed by atoms with Gasteiger partial charge in [0.2, 0.25) is 0 Å². The molecule has 96 valence electrons. The standard InChI is InChI=1S/C15H12ClIN2/c1-10-6-11(8-18)2-3-12(10)9-19-15-5-4-13(17)7-14(15)16/h2-7,19H,9H2,1H3. The molecule has 0 aromatic heterocycles. The number of benzene rings is 2. The van der Waals surface area contributed by atoms with Crippen LogP contribution < -0.4 is 5.32 Å². The van der Waals surface area contributed by atoms with Crippen molar-refractivity contribution in [2.45, 2.75) is 13.5 Å². The van der Waals surface area contributed by atoms with Crippen LogP contribution in [-0.2, 0) is 6.54 Å². The molecule has 2 aromatic rings. The number of nitrogens with zero attached hydrogens (tertiary/aromatic N) is 1. The molecule has 19 heavy (non-hydrogen) atoms. The van der Waals surface area contributed by atoms with Gasteiger partial charge in [0.05, 0.1) is 22.3 Å². The van der Waals surface area contributed by atoms with Crippen molar-refractivity contribution in [2.24, 2.45) is 0 Å². The van der Waals surface area contributed by atoms with Crippen molar-refractivity contribution in [2.75, 3.05) is 5.32 Å². The van der Waals surface area contributed by atoms with Gasteiger partial charge >= 0.3 is 0 Å². The molecule has 2 nitrogen and oxygen atoms in total. The first-order valence-corrected chi connectivity index (χ1v) is 7.24. The molecular formula is C15H12ClIN2. The maximum absolute atomic E-state index is 8.84. The number of nitriles is 1. The summed E-state index contributed by atoms with van der Waals surface area (Å²) in [6.07, 6.45) is 0. The van der Waals surface area contributed by atoms with Crippen LogP contribution in [0.3, 0.4) is 0 Å². The van der Waals surface area contributed by atoms with Gasteiger partial charge in [-0.2, -0.15) is 5.26 Å². The Bertz CT molecular complexity index is 647. The van der Waals surface area contributed by atoms with Gasteiger partial charge in [0.1, 0.15) is 0 Å². The highest BCUT2D eigenvalue weighted by Gasteiger charge is 2.03. The van der Waals surface area contributed by atoms with Gasteiger partial charge in [0.15, 0.2) is 0 Å². The van der Waals surface area contributed by atoms with Gasteiger partial charge in [0, 0.05) is 10.1 Å². The molecule has 0 amide bonds. The van der Waals surface area contributed by atoms with Crippen LogP contribution in [0.2, 0.25) is 5.02 Å². The normalized spacial score (nSPS) is 10.0. The summed E-state index contributed by atoms with van der Waals surface area (Å²) < 4.78 is 1.11. The maximum Gasteiger partial charge on any atom is 0.0991 e. The molecule has 0 heterocycles. The first-order chi connectivity index (χ1) is 9.10. The van der Waals surface area contributed by atoms with Crippen molar-refractivity contribution in [1.29, 1.82) is 5.26 Å². The molecule has 0 bridgehead atoms.